The van der Waals surface area contributed by atoms with E-state index < -0.39 is 4.92 Å². The maximum Gasteiger partial charge on any atom is 0.270 e. The lowest BCUT2D eigenvalue weighted by molar-refractivity contribution is -0.384. The summed E-state index contributed by atoms with van der Waals surface area (Å²) in [6.07, 6.45) is 1.42. The van der Waals surface area contributed by atoms with Gasteiger partial charge in [-0.3, -0.25) is 10.1 Å². The van der Waals surface area contributed by atoms with Gasteiger partial charge in [0.1, 0.15) is 6.33 Å². The Bertz CT molecular complexity index is 896. The van der Waals surface area contributed by atoms with Crippen LogP contribution in [0.3, 0.4) is 0 Å². The van der Waals surface area contributed by atoms with Gasteiger partial charge in [0, 0.05) is 29.1 Å². The van der Waals surface area contributed by atoms with Crippen molar-refractivity contribution in [2.24, 2.45) is 0 Å². The highest BCUT2D eigenvalue weighted by Gasteiger charge is 2.14. The molecule has 0 aliphatic rings. The van der Waals surface area contributed by atoms with E-state index in [-0.39, 0.29) is 5.69 Å². The molecule has 7 nitrogen and oxygen atoms in total. The molecule has 116 valence electrons. The van der Waals surface area contributed by atoms with Crippen LogP contribution in [-0.2, 0) is 0 Å². The highest BCUT2D eigenvalue weighted by Crippen LogP contribution is 2.35. The SMILES string of the molecule is COc1cc2ncnc(-c3cccc([N+](=O)[O-])c3)c2cc1OC. The fraction of sp³-hybridized carbons (Fsp3) is 0.125. The number of ether oxygens (including phenoxy) is 2. The molecule has 0 N–H and O–H groups in total. The fourth-order valence-electron chi connectivity index (χ4n) is 2.38. The first-order valence-electron chi connectivity index (χ1n) is 6.75. The average molecular weight is 311 g/mol. The highest BCUT2D eigenvalue weighted by atomic mass is 16.6. The van der Waals surface area contributed by atoms with E-state index in [9.17, 15) is 10.1 Å². The number of methoxy groups -OCH3 is 2. The highest BCUT2D eigenvalue weighted by molar-refractivity contribution is 5.94. The van der Waals surface area contributed by atoms with Crippen molar-refractivity contribution < 1.29 is 14.4 Å². The van der Waals surface area contributed by atoms with Crippen molar-refractivity contribution in [2.75, 3.05) is 14.2 Å². The summed E-state index contributed by atoms with van der Waals surface area (Å²) in [5.41, 5.74) is 1.91. The number of nitrogens with zero attached hydrogens (tertiary/aromatic N) is 3. The second-order valence-corrected chi connectivity index (χ2v) is 4.75. The van der Waals surface area contributed by atoms with Gasteiger partial charge in [0.15, 0.2) is 11.5 Å². The monoisotopic (exact) mass is 311 g/mol. The fourth-order valence-corrected chi connectivity index (χ4v) is 2.38. The lowest BCUT2D eigenvalue weighted by Gasteiger charge is -2.11. The van der Waals surface area contributed by atoms with Gasteiger partial charge >= 0.3 is 0 Å². The Morgan fingerprint density at radius 1 is 1.04 bits per heavy atom. The van der Waals surface area contributed by atoms with E-state index in [4.69, 9.17) is 9.47 Å². The van der Waals surface area contributed by atoms with Gasteiger partial charge in [0.2, 0.25) is 0 Å². The second-order valence-electron chi connectivity index (χ2n) is 4.75. The van der Waals surface area contributed by atoms with Crippen molar-refractivity contribution in [3.63, 3.8) is 0 Å². The molecule has 23 heavy (non-hydrogen) atoms. The molecule has 1 aromatic heterocycles. The molecule has 3 aromatic rings. The van der Waals surface area contributed by atoms with Gasteiger partial charge in [-0.05, 0) is 6.07 Å². The first-order chi connectivity index (χ1) is 11.1. The zero-order chi connectivity index (χ0) is 16.4. The van der Waals surface area contributed by atoms with Gasteiger partial charge in [-0.15, -0.1) is 0 Å². The van der Waals surface area contributed by atoms with Crippen molar-refractivity contribution in [3.8, 4) is 22.8 Å². The Kier molecular flexibility index (Phi) is 3.76. The van der Waals surface area contributed by atoms with E-state index in [1.807, 2.05) is 0 Å². The van der Waals surface area contributed by atoms with Crippen LogP contribution in [-0.4, -0.2) is 29.1 Å². The molecule has 0 aliphatic heterocycles. The predicted octanol–water partition coefficient (Wildman–Crippen LogP) is 3.22. The third-order valence-electron chi connectivity index (χ3n) is 3.47. The molecule has 0 fully saturated rings. The lowest BCUT2D eigenvalue weighted by Crippen LogP contribution is -1.95. The molecular formula is C16H13N3O4. The number of fused-ring (bicyclic) bond motifs is 1. The van der Waals surface area contributed by atoms with Crippen LogP contribution in [0.4, 0.5) is 5.69 Å². The Hall–Kier alpha value is -3.22. The second kappa shape index (κ2) is 5.88. The molecule has 0 unspecified atom stereocenters. The van der Waals surface area contributed by atoms with Crippen LogP contribution >= 0.6 is 0 Å². The molecule has 2 aromatic carbocycles. The number of non-ortho nitro benzene ring substituents is 1. The largest absolute Gasteiger partial charge is 0.493 e. The Morgan fingerprint density at radius 3 is 2.48 bits per heavy atom. The number of nitro groups is 1. The molecule has 0 spiro atoms. The minimum atomic E-state index is -0.434. The van der Waals surface area contributed by atoms with Crippen molar-refractivity contribution >= 4 is 16.6 Å². The molecule has 0 saturated heterocycles. The summed E-state index contributed by atoms with van der Waals surface area (Å²) in [6.45, 7) is 0. The quantitative estimate of drug-likeness (QED) is 0.543. The number of hydrogen-bond donors (Lipinski definition) is 0. The zero-order valence-corrected chi connectivity index (χ0v) is 12.5. The van der Waals surface area contributed by atoms with E-state index >= 15 is 0 Å². The predicted molar refractivity (Wildman–Crippen MR) is 84.7 cm³/mol. The van der Waals surface area contributed by atoms with Crippen molar-refractivity contribution in [1.29, 1.82) is 0 Å². The normalized spacial score (nSPS) is 10.5. The number of nitro benzene ring substituents is 1. The third kappa shape index (κ3) is 2.64. The number of aromatic nitrogens is 2. The smallest absolute Gasteiger partial charge is 0.270 e. The van der Waals surface area contributed by atoms with Crippen LogP contribution in [0.5, 0.6) is 11.5 Å². The van der Waals surface area contributed by atoms with Crippen LogP contribution in [0.25, 0.3) is 22.2 Å². The molecule has 3 rings (SSSR count). The Balaban J connectivity index is 2.25. The summed E-state index contributed by atoms with van der Waals surface area (Å²) >= 11 is 0. The summed E-state index contributed by atoms with van der Waals surface area (Å²) in [7, 11) is 3.09. The van der Waals surface area contributed by atoms with E-state index in [1.165, 1.54) is 18.5 Å². The minimum Gasteiger partial charge on any atom is -0.493 e. The molecule has 0 bridgehead atoms. The van der Waals surface area contributed by atoms with Crippen molar-refractivity contribution in [1.82, 2.24) is 9.97 Å². The number of benzene rings is 2. The minimum absolute atomic E-state index is 0.00902. The zero-order valence-electron chi connectivity index (χ0n) is 12.5. The van der Waals surface area contributed by atoms with Crippen LogP contribution < -0.4 is 9.47 Å². The van der Waals surface area contributed by atoms with Crippen LogP contribution in [0, 0.1) is 10.1 Å². The maximum atomic E-state index is 11.0. The topological polar surface area (TPSA) is 87.4 Å². The lowest BCUT2D eigenvalue weighted by atomic mass is 10.1. The van der Waals surface area contributed by atoms with Crippen molar-refractivity contribution in [2.45, 2.75) is 0 Å². The molecule has 7 heteroatoms. The summed E-state index contributed by atoms with van der Waals surface area (Å²) in [6, 6.07) is 9.83. The average Bonchev–Trinajstić information content (AvgIpc) is 2.59. The van der Waals surface area contributed by atoms with Gasteiger partial charge in [-0.25, -0.2) is 9.97 Å². The van der Waals surface area contributed by atoms with E-state index in [0.717, 1.165) is 5.39 Å². The van der Waals surface area contributed by atoms with Gasteiger partial charge in [0.25, 0.3) is 5.69 Å². The summed E-state index contributed by atoms with van der Waals surface area (Å²) in [5.74, 6) is 1.10. The molecular weight excluding hydrogens is 298 g/mol. The van der Waals surface area contributed by atoms with Gasteiger partial charge in [-0.2, -0.15) is 0 Å². The van der Waals surface area contributed by atoms with Crippen molar-refractivity contribution in [3.05, 3.63) is 52.8 Å². The standard InChI is InChI=1S/C16H13N3O4/c1-22-14-7-12-13(8-15(14)23-2)17-9-18-16(12)10-4-3-5-11(6-10)19(20)21/h3-9H,1-2H3. The van der Waals surface area contributed by atoms with E-state index in [1.54, 1.807) is 38.5 Å². The first-order valence-corrected chi connectivity index (χ1v) is 6.75. The van der Waals surface area contributed by atoms with Crippen LogP contribution in [0.1, 0.15) is 0 Å². The van der Waals surface area contributed by atoms with E-state index in [0.29, 0.717) is 28.3 Å². The number of hydrogen-bond acceptors (Lipinski definition) is 6. The summed E-state index contributed by atoms with van der Waals surface area (Å²) < 4.78 is 10.6. The molecule has 0 aliphatic carbocycles. The van der Waals surface area contributed by atoms with E-state index in [2.05, 4.69) is 9.97 Å². The summed E-state index contributed by atoms with van der Waals surface area (Å²) in [4.78, 5) is 19.0. The molecule has 1 heterocycles. The molecule has 0 atom stereocenters. The Labute approximate surface area is 131 Å². The molecule has 0 amide bonds. The Morgan fingerprint density at radius 2 is 1.78 bits per heavy atom. The maximum absolute atomic E-state index is 11.0. The van der Waals surface area contributed by atoms with Gasteiger partial charge in [-0.1, -0.05) is 12.1 Å². The first kappa shape index (κ1) is 14.7. The molecule has 0 radical (unpaired) electrons. The van der Waals surface area contributed by atoms with Crippen LogP contribution in [0.15, 0.2) is 42.7 Å². The van der Waals surface area contributed by atoms with Gasteiger partial charge in [0.05, 0.1) is 30.4 Å². The number of rotatable bonds is 4. The molecule has 0 saturated carbocycles. The summed E-state index contributed by atoms with van der Waals surface area (Å²) in [5, 5.41) is 11.7. The van der Waals surface area contributed by atoms with Crippen LogP contribution in [0.2, 0.25) is 0 Å². The third-order valence-corrected chi connectivity index (χ3v) is 3.47. The van der Waals surface area contributed by atoms with Gasteiger partial charge < -0.3 is 9.47 Å².